The van der Waals surface area contributed by atoms with E-state index in [2.05, 4.69) is 16.5 Å². The number of amides is 2. The molecular weight excluding hydrogens is 577 g/mol. The number of fused-ring (bicyclic) bond motifs is 5. The Balaban J connectivity index is 1.74. The van der Waals surface area contributed by atoms with Gasteiger partial charge < -0.3 is 19.8 Å². The van der Waals surface area contributed by atoms with Gasteiger partial charge in [-0.3, -0.25) is 19.0 Å². The fourth-order valence-electron chi connectivity index (χ4n) is 6.08. The van der Waals surface area contributed by atoms with Crippen molar-refractivity contribution in [2.75, 3.05) is 29.9 Å². The first-order valence-corrected chi connectivity index (χ1v) is 13.9. The third-order valence-electron chi connectivity index (χ3n) is 8.13. The molecule has 6 rings (SSSR count). The number of pyridine rings is 2. The summed E-state index contributed by atoms with van der Waals surface area (Å²) in [6, 6.07) is 4.28. The number of phenolic OH excluding ortho intramolecular Hbond substituents is 1. The van der Waals surface area contributed by atoms with E-state index in [4.69, 9.17) is 16.6 Å². The van der Waals surface area contributed by atoms with Crippen molar-refractivity contribution in [2.24, 2.45) is 0 Å². The fourth-order valence-corrected chi connectivity index (χ4v) is 6.33. The van der Waals surface area contributed by atoms with Crippen LogP contribution >= 0.6 is 11.6 Å². The number of carbonyl (C=O) groups excluding carboxylic acids is 2. The Morgan fingerprint density at radius 1 is 1.14 bits per heavy atom. The van der Waals surface area contributed by atoms with Gasteiger partial charge in [-0.1, -0.05) is 24.2 Å². The lowest BCUT2D eigenvalue weighted by Gasteiger charge is -2.49. The highest BCUT2D eigenvalue weighted by molar-refractivity contribution is 6.34. The molecule has 13 heteroatoms. The van der Waals surface area contributed by atoms with Gasteiger partial charge in [0.2, 0.25) is 5.91 Å². The standard InChI is InChI=1S/C30H27ClFN7O4/c1-6-22(41)37-12-20-29(42)36(5)27-26(38(20)11-14(37)2)17-10-18(31)24(23-19(32)8-7-9-21(23)40)35-28(17)39(30(27)43)25-15(3)33-13-34-16(25)4/h6-10,13-14,20,40H,1,11-12H2,2-5H3/t14-,20-/m1/s1. The molecule has 2 aliphatic heterocycles. The van der Waals surface area contributed by atoms with E-state index < -0.39 is 17.4 Å². The maximum atomic E-state index is 15.1. The van der Waals surface area contributed by atoms with Crippen LogP contribution in [-0.4, -0.2) is 73.6 Å². The number of phenols is 1. The van der Waals surface area contributed by atoms with Crippen molar-refractivity contribution in [1.82, 2.24) is 24.4 Å². The molecule has 1 saturated heterocycles. The number of likely N-dealkylation sites (N-methyl/N-ethyl adjacent to an activating group) is 1. The van der Waals surface area contributed by atoms with Crippen molar-refractivity contribution in [3.05, 3.63) is 75.8 Å². The molecule has 11 nitrogen and oxygen atoms in total. The van der Waals surface area contributed by atoms with E-state index in [-0.39, 0.29) is 64.3 Å². The summed E-state index contributed by atoms with van der Waals surface area (Å²) in [6.07, 6.45) is 2.58. The number of rotatable bonds is 3. The smallest absolute Gasteiger partial charge is 0.283 e. The van der Waals surface area contributed by atoms with E-state index in [1.54, 1.807) is 24.8 Å². The number of aromatic nitrogens is 4. The van der Waals surface area contributed by atoms with Crippen molar-refractivity contribution in [2.45, 2.75) is 32.9 Å². The molecule has 1 N–H and O–H groups in total. The highest BCUT2D eigenvalue weighted by atomic mass is 35.5. The number of carbonyl (C=O) groups is 2. The number of piperazine rings is 1. The average Bonchev–Trinajstić information content (AvgIpc) is 2.96. The Hall–Kier alpha value is -4.84. The van der Waals surface area contributed by atoms with Crippen molar-refractivity contribution in [3.8, 4) is 22.7 Å². The summed E-state index contributed by atoms with van der Waals surface area (Å²) in [5, 5.41) is 11.0. The third-order valence-corrected chi connectivity index (χ3v) is 8.42. The second-order valence-corrected chi connectivity index (χ2v) is 11.1. The number of anilines is 2. The molecule has 43 heavy (non-hydrogen) atoms. The average molecular weight is 604 g/mol. The highest BCUT2D eigenvalue weighted by Crippen LogP contribution is 2.44. The number of hydrogen-bond acceptors (Lipinski definition) is 8. The quantitative estimate of drug-likeness (QED) is 0.353. The third kappa shape index (κ3) is 4.15. The van der Waals surface area contributed by atoms with Gasteiger partial charge in [0.25, 0.3) is 11.5 Å². The van der Waals surface area contributed by atoms with E-state index in [9.17, 15) is 19.5 Å². The van der Waals surface area contributed by atoms with Gasteiger partial charge in [0.1, 0.15) is 29.6 Å². The first kappa shape index (κ1) is 28.3. The van der Waals surface area contributed by atoms with E-state index in [1.807, 2.05) is 11.8 Å². The summed E-state index contributed by atoms with van der Waals surface area (Å²) >= 11 is 6.76. The number of aromatic hydroxyl groups is 1. The molecule has 3 aromatic heterocycles. The van der Waals surface area contributed by atoms with Crippen LogP contribution < -0.4 is 15.4 Å². The predicted octanol–water partition coefficient (Wildman–Crippen LogP) is 3.53. The first-order valence-electron chi connectivity index (χ1n) is 13.5. The van der Waals surface area contributed by atoms with Gasteiger partial charge in [-0.05, 0) is 45.0 Å². The SMILES string of the molecule is C=CC(=O)N1C[C@@H]2C(=O)N(C)c3c(c4cc(Cl)c(-c5c(O)cccc5F)nc4n(-c4c(C)ncnc4C)c3=O)N2C[C@H]1C. The number of aryl methyl sites for hydroxylation is 2. The lowest BCUT2D eigenvalue weighted by atomic mass is 9.98. The topological polar surface area (TPSA) is 125 Å². The van der Waals surface area contributed by atoms with E-state index >= 15 is 4.39 Å². The Morgan fingerprint density at radius 3 is 2.49 bits per heavy atom. The minimum absolute atomic E-state index is 0.0164. The molecule has 0 radical (unpaired) electrons. The van der Waals surface area contributed by atoms with Gasteiger partial charge in [-0.15, -0.1) is 0 Å². The van der Waals surface area contributed by atoms with Crippen LogP contribution in [0.4, 0.5) is 15.8 Å². The molecule has 5 heterocycles. The van der Waals surface area contributed by atoms with E-state index in [1.165, 1.54) is 47.1 Å². The predicted molar refractivity (Wildman–Crippen MR) is 160 cm³/mol. The molecule has 1 aromatic carbocycles. The zero-order valence-electron chi connectivity index (χ0n) is 23.8. The number of nitrogens with zero attached hydrogens (tertiary/aromatic N) is 7. The normalized spacial score (nSPS) is 18.1. The minimum Gasteiger partial charge on any atom is -0.507 e. The van der Waals surface area contributed by atoms with Crippen molar-refractivity contribution < 1.29 is 19.1 Å². The number of halogens is 2. The lowest BCUT2D eigenvalue weighted by molar-refractivity contribution is -0.130. The molecule has 220 valence electrons. The number of benzene rings is 1. The van der Waals surface area contributed by atoms with Gasteiger partial charge in [-0.25, -0.2) is 19.3 Å². The molecule has 4 aromatic rings. The minimum atomic E-state index is -0.798. The van der Waals surface area contributed by atoms with Gasteiger partial charge in [0.05, 0.1) is 45.6 Å². The molecule has 0 bridgehead atoms. The van der Waals surface area contributed by atoms with Crippen molar-refractivity contribution in [3.63, 3.8) is 0 Å². The monoisotopic (exact) mass is 603 g/mol. The molecule has 2 atom stereocenters. The summed E-state index contributed by atoms with van der Waals surface area (Å²) in [6.45, 7) is 9.16. The molecule has 0 spiro atoms. The van der Waals surface area contributed by atoms with Crippen molar-refractivity contribution >= 4 is 45.8 Å². The molecule has 1 fully saturated rings. The second-order valence-electron chi connectivity index (χ2n) is 10.7. The second kappa shape index (κ2) is 10.2. The van der Waals surface area contributed by atoms with E-state index in [0.29, 0.717) is 28.1 Å². The van der Waals surface area contributed by atoms with Gasteiger partial charge in [-0.2, -0.15) is 0 Å². The summed E-state index contributed by atoms with van der Waals surface area (Å²) in [5.74, 6) is -1.80. The van der Waals surface area contributed by atoms with Crippen LogP contribution in [0, 0.1) is 19.7 Å². The molecule has 0 saturated carbocycles. The number of hydrogen-bond donors (Lipinski definition) is 1. The molecule has 0 unspecified atom stereocenters. The van der Waals surface area contributed by atoms with Gasteiger partial charge in [0, 0.05) is 25.0 Å². The van der Waals surface area contributed by atoms with Crippen LogP contribution in [0.2, 0.25) is 5.02 Å². The lowest BCUT2D eigenvalue weighted by Crippen LogP contribution is -2.66. The zero-order valence-corrected chi connectivity index (χ0v) is 24.6. The summed E-state index contributed by atoms with van der Waals surface area (Å²) in [7, 11) is 1.51. The highest BCUT2D eigenvalue weighted by Gasteiger charge is 2.46. The van der Waals surface area contributed by atoms with Crippen LogP contribution in [0.3, 0.4) is 0 Å². The molecular formula is C30H27ClFN7O4. The summed E-state index contributed by atoms with van der Waals surface area (Å²) < 4.78 is 16.4. The Kier molecular flexibility index (Phi) is 6.68. The van der Waals surface area contributed by atoms with Gasteiger partial charge in [0.15, 0.2) is 5.65 Å². The summed E-state index contributed by atoms with van der Waals surface area (Å²) in [5.41, 5.74) is 1.01. The van der Waals surface area contributed by atoms with Crippen LogP contribution in [0.25, 0.3) is 28.0 Å². The van der Waals surface area contributed by atoms with E-state index in [0.717, 1.165) is 0 Å². The van der Waals surface area contributed by atoms with Crippen LogP contribution in [-0.2, 0) is 9.59 Å². The van der Waals surface area contributed by atoms with Gasteiger partial charge >= 0.3 is 0 Å². The molecule has 2 amide bonds. The zero-order chi connectivity index (χ0) is 30.9. The first-order chi connectivity index (χ1) is 20.5. The molecule has 0 aliphatic carbocycles. The maximum Gasteiger partial charge on any atom is 0.283 e. The summed E-state index contributed by atoms with van der Waals surface area (Å²) in [4.78, 5) is 58.9. The largest absolute Gasteiger partial charge is 0.507 e. The fraction of sp³-hybridized carbons (Fsp3) is 0.267. The van der Waals surface area contributed by atoms with Crippen LogP contribution in [0.5, 0.6) is 5.75 Å². The molecule has 2 aliphatic rings. The van der Waals surface area contributed by atoms with Crippen LogP contribution in [0.15, 0.2) is 48.0 Å². The maximum absolute atomic E-state index is 15.1. The Bertz CT molecular complexity index is 1900. The Labute approximate surface area is 250 Å². The van der Waals surface area contributed by atoms with Crippen LogP contribution in [0.1, 0.15) is 18.3 Å². The Morgan fingerprint density at radius 2 is 1.84 bits per heavy atom. The van der Waals surface area contributed by atoms with Crippen molar-refractivity contribution in [1.29, 1.82) is 0 Å².